The summed E-state index contributed by atoms with van der Waals surface area (Å²) in [5.74, 6) is 8.20. The predicted molar refractivity (Wildman–Crippen MR) is 51.0 cm³/mol. The Morgan fingerprint density at radius 1 is 1.54 bits per heavy atom. The first-order valence-electron chi connectivity index (χ1n) is 4.75. The molecular weight excluding hydrogens is 164 g/mol. The van der Waals surface area contributed by atoms with Gasteiger partial charge in [0.15, 0.2) is 0 Å². The molecule has 1 aliphatic carbocycles. The van der Waals surface area contributed by atoms with Gasteiger partial charge in [0.1, 0.15) is 11.5 Å². The first kappa shape index (κ1) is 8.78. The molecule has 1 unspecified atom stereocenters. The van der Waals surface area contributed by atoms with E-state index >= 15 is 0 Å². The quantitative estimate of drug-likeness (QED) is 0.551. The second kappa shape index (κ2) is 3.16. The lowest BCUT2D eigenvalue weighted by Crippen LogP contribution is -2.29. The minimum absolute atomic E-state index is 0.289. The summed E-state index contributed by atoms with van der Waals surface area (Å²) in [7, 11) is 0. The average Bonchev–Trinajstić information content (AvgIpc) is 2.82. The lowest BCUT2D eigenvalue weighted by Gasteiger charge is -2.13. The Morgan fingerprint density at radius 2 is 2.23 bits per heavy atom. The van der Waals surface area contributed by atoms with Crippen LogP contribution in [0.4, 0.5) is 0 Å². The number of nitrogens with one attached hydrogen (secondary N) is 1. The fourth-order valence-corrected chi connectivity index (χ4v) is 1.87. The van der Waals surface area contributed by atoms with E-state index in [9.17, 15) is 0 Å². The van der Waals surface area contributed by atoms with Gasteiger partial charge in [0.05, 0.1) is 6.04 Å². The number of furan rings is 1. The molecule has 3 nitrogen and oxygen atoms in total. The monoisotopic (exact) mass is 180 g/mol. The van der Waals surface area contributed by atoms with E-state index in [1.165, 1.54) is 18.4 Å². The van der Waals surface area contributed by atoms with Crippen LogP contribution in [-0.2, 0) is 0 Å². The average molecular weight is 180 g/mol. The van der Waals surface area contributed by atoms with Gasteiger partial charge in [-0.2, -0.15) is 0 Å². The molecule has 72 valence electrons. The first-order chi connectivity index (χ1) is 6.22. The molecule has 0 bridgehead atoms. The van der Waals surface area contributed by atoms with Crippen molar-refractivity contribution in [2.45, 2.75) is 32.7 Å². The van der Waals surface area contributed by atoms with Gasteiger partial charge in [-0.1, -0.05) is 0 Å². The molecule has 0 amide bonds. The van der Waals surface area contributed by atoms with Gasteiger partial charge in [-0.3, -0.25) is 11.3 Å². The van der Waals surface area contributed by atoms with Gasteiger partial charge in [0.25, 0.3) is 0 Å². The van der Waals surface area contributed by atoms with Crippen molar-refractivity contribution in [1.82, 2.24) is 5.43 Å². The lowest BCUT2D eigenvalue weighted by molar-refractivity contribution is 0.464. The van der Waals surface area contributed by atoms with Crippen LogP contribution in [0.5, 0.6) is 0 Å². The highest BCUT2D eigenvalue weighted by molar-refractivity contribution is 5.25. The van der Waals surface area contributed by atoms with Crippen LogP contribution in [0.3, 0.4) is 0 Å². The van der Waals surface area contributed by atoms with Crippen LogP contribution in [-0.4, -0.2) is 0 Å². The third-order valence-electron chi connectivity index (χ3n) is 2.69. The zero-order valence-corrected chi connectivity index (χ0v) is 8.13. The van der Waals surface area contributed by atoms with Gasteiger partial charge in [-0.05, 0) is 38.7 Å². The summed E-state index contributed by atoms with van der Waals surface area (Å²) in [5.41, 5.74) is 4.10. The maximum absolute atomic E-state index is 5.53. The van der Waals surface area contributed by atoms with E-state index in [0.717, 1.165) is 11.5 Å². The third-order valence-corrected chi connectivity index (χ3v) is 2.69. The summed E-state index contributed by atoms with van der Waals surface area (Å²) in [6.45, 7) is 3.96. The molecule has 1 atom stereocenters. The molecule has 3 heteroatoms. The molecule has 0 aliphatic heterocycles. The second-order valence-corrected chi connectivity index (χ2v) is 3.85. The van der Waals surface area contributed by atoms with Crippen molar-refractivity contribution in [3.05, 3.63) is 23.2 Å². The number of hydrogen-bond acceptors (Lipinski definition) is 3. The molecule has 2 rings (SSSR count). The van der Waals surface area contributed by atoms with Gasteiger partial charge in [-0.25, -0.2) is 0 Å². The van der Waals surface area contributed by atoms with Crippen LogP contribution < -0.4 is 11.3 Å². The van der Waals surface area contributed by atoms with Crippen molar-refractivity contribution in [2.24, 2.45) is 11.8 Å². The highest BCUT2D eigenvalue weighted by Crippen LogP contribution is 2.41. The van der Waals surface area contributed by atoms with Gasteiger partial charge in [0, 0.05) is 5.56 Å². The van der Waals surface area contributed by atoms with E-state index in [-0.39, 0.29) is 6.04 Å². The van der Waals surface area contributed by atoms with Gasteiger partial charge in [0.2, 0.25) is 0 Å². The normalized spacial score (nSPS) is 19.0. The molecule has 3 N–H and O–H groups in total. The zero-order chi connectivity index (χ0) is 9.42. The Morgan fingerprint density at radius 3 is 2.62 bits per heavy atom. The van der Waals surface area contributed by atoms with Crippen molar-refractivity contribution >= 4 is 0 Å². The maximum Gasteiger partial charge on any atom is 0.105 e. The van der Waals surface area contributed by atoms with Crippen LogP contribution in [0.25, 0.3) is 0 Å². The summed E-state index contributed by atoms with van der Waals surface area (Å²) in [6.07, 6.45) is 2.55. The Bertz CT molecular complexity index is 302. The number of aryl methyl sites for hydroxylation is 2. The minimum Gasteiger partial charge on any atom is -0.466 e. The van der Waals surface area contributed by atoms with E-state index in [4.69, 9.17) is 10.3 Å². The van der Waals surface area contributed by atoms with E-state index in [2.05, 4.69) is 11.5 Å². The van der Waals surface area contributed by atoms with Crippen molar-refractivity contribution in [1.29, 1.82) is 0 Å². The van der Waals surface area contributed by atoms with Gasteiger partial charge in [-0.15, -0.1) is 0 Å². The molecule has 0 aromatic carbocycles. The highest BCUT2D eigenvalue weighted by atomic mass is 16.3. The standard InChI is InChI=1S/C10H16N2O/c1-6-5-9(7(2)13-6)10(12-11)8-3-4-8/h5,8,10,12H,3-4,11H2,1-2H3. The van der Waals surface area contributed by atoms with Crippen LogP contribution in [0.2, 0.25) is 0 Å². The van der Waals surface area contributed by atoms with E-state index < -0.39 is 0 Å². The largest absolute Gasteiger partial charge is 0.466 e. The molecular formula is C10H16N2O. The molecule has 1 saturated carbocycles. The van der Waals surface area contributed by atoms with Gasteiger partial charge < -0.3 is 4.42 Å². The molecule has 1 fully saturated rings. The first-order valence-corrected chi connectivity index (χ1v) is 4.75. The topological polar surface area (TPSA) is 51.2 Å². The third kappa shape index (κ3) is 1.62. The molecule has 0 radical (unpaired) electrons. The Labute approximate surface area is 78.3 Å². The van der Waals surface area contributed by atoms with Crippen molar-refractivity contribution in [2.75, 3.05) is 0 Å². The van der Waals surface area contributed by atoms with E-state index in [1.807, 2.05) is 13.8 Å². The maximum atomic E-state index is 5.53. The molecule has 13 heavy (non-hydrogen) atoms. The Hall–Kier alpha value is -0.800. The minimum atomic E-state index is 0.289. The summed E-state index contributed by atoms with van der Waals surface area (Å²) >= 11 is 0. The van der Waals surface area contributed by atoms with Crippen molar-refractivity contribution in [3.8, 4) is 0 Å². The van der Waals surface area contributed by atoms with Crippen LogP contribution in [0.15, 0.2) is 10.5 Å². The molecule has 0 saturated heterocycles. The molecule has 1 aromatic rings. The Balaban J connectivity index is 2.25. The summed E-state index contributed by atoms with van der Waals surface area (Å²) in [4.78, 5) is 0. The van der Waals surface area contributed by atoms with Crippen molar-refractivity contribution in [3.63, 3.8) is 0 Å². The Kier molecular flexibility index (Phi) is 2.14. The number of rotatable bonds is 3. The van der Waals surface area contributed by atoms with Crippen LogP contribution in [0, 0.1) is 19.8 Å². The smallest absolute Gasteiger partial charge is 0.105 e. The fourth-order valence-electron chi connectivity index (χ4n) is 1.87. The molecule has 0 spiro atoms. The van der Waals surface area contributed by atoms with Gasteiger partial charge >= 0.3 is 0 Å². The SMILES string of the molecule is Cc1cc(C(NN)C2CC2)c(C)o1. The zero-order valence-electron chi connectivity index (χ0n) is 8.13. The second-order valence-electron chi connectivity index (χ2n) is 3.85. The van der Waals surface area contributed by atoms with Crippen LogP contribution >= 0.6 is 0 Å². The van der Waals surface area contributed by atoms with Crippen LogP contribution in [0.1, 0.15) is 36.0 Å². The number of nitrogens with two attached hydrogens (primary N) is 1. The summed E-state index contributed by atoms with van der Waals surface area (Å²) in [6, 6.07) is 2.37. The summed E-state index contributed by atoms with van der Waals surface area (Å²) in [5, 5.41) is 0. The lowest BCUT2D eigenvalue weighted by atomic mass is 10.0. The number of hydrazine groups is 1. The molecule has 1 aromatic heterocycles. The number of hydrogen-bond donors (Lipinski definition) is 2. The molecule has 1 aliphatic rings. The predicted octanol–water partition coefficient (Wildman–Crippen LogP) is 1.81. The fraction of sp³-hybridized carbons (Fsp3) is 0.600. The van der Waals surface area contributed by atoms with E-state index in [1.54, 1.807) is 0 Å². The summed E-state index contributed by atoms with van der Waals surface area (Å²) < 4.78 is 5.48. The highest BCUT2D eigenvalue weighted by Gasteiger charge is 2.33. The van der Waals surface area contributed by atoms with Crippen molar-refractivity contribution < 1.29 is 4.42 Å². The molecule has 1 heterocycles. The van der Waals surface area contributed by atoms with E-state index in [0.29, 0.717) is 5.92 Å².